The lowest BCUT2D eigenvalue weighted by atomic mass is 10.2. The lowest BCUT2D eigenvalue weighted by molar-refractivity contribution is 0.402. The number of aryl methyl sites for hydroxylation is 1. The minimum absolute atomic E-state index is 0.0542. The van der Waals surface area contributed by atoms with Crippen LogP contribution in [0.3, 0.4) is 0 Å². The van der Waals surface area contributed by atoms with E-state index in [0.29, 0.717) is 17.2 Å². The van der Waals surface area contributed by atoms with Gasteiger partial charge in [0.2, 0.25) is 0 Å². The average molecular weight is 387 g/mol. The molecule has 3 aromatic rings. The van der Waals surface area contributed by atoms with E-state index in [9.17, 15) is 12.8 Å². The molecule has 0 aliphatic carbocycles. The molecule has 1 heterocycles. The van der Waals surface area contributed by atoms with Crippen LogP contribution < -0.4 is 14.8 Å². The molecule has 3 rings (SSSR count). The van der Waals surface area contributed by atoms with Crippen LogP contribution in [-0.2, 0) is 10.0 Å². The van der Waals surface area contributed by atoms with Gasteiger partial charge in [-0.05, 0) is 61.0 Å². The van der Waals surface area contributed by atoms with E-state index < -0.39 is 10.0 Å². The van der Waals surface area contributed by atoms with E-state index in [1.54, 1.807) is 49.4 Å². The quantitative estimate of drug-likeness (QED) is 0.666. The summed E-state index contributed by atoms with van der Waals surface area (Å²) in [4.78, 5) is 4.23. The van der Waals surface area contributed by atoms with Gasteiger partial charge in [0.25, 0.3) is 10.0 Å². The highest BCUT2D eigenvalue weighted by molar-refractivity contribution is 7.92. The van der Waals surface area contributed by atoms with E-state index >= 15 is 0 Å². The number of ether oxygens (including phenoxy) is 1. The second kappa shape index (κ2) is 7.63. The van der Waals surface area contributed by atoms with Crippen LogP contribution in [0.25, 0.3) is 0 Å². The van der Waals surface area contributed by atoms with Gasteiger partial charge in [0, 0.05) is 5.69 Å². The van der Waals surface area contributed by atoms with E-state index in [4.69, 9.17) is 4.74 Å². The highest BCUT2D eigenvalue weighted by Crippen LogP contribution is 2.27. The van der Waals surface area contributed by atoms with Crippen LogP contribution in [0.5, 0.6) is 5.75 Å². The number of methoxy groups -OCH3 is 1. The van der Waals surface area contributed by atoms with Crippen molar-refractivity contribution in [3.8, 4) is 5.75 Å². The van der Waals surface area contributed by atoms with Crippen molar-refractivity contribution in [2.24, 2.45) is 0 Å². The Balaban J connectivity index is 1.77. The third kappa shape index (κ3) is 4.53. The van der Waals surface area contributed by atoms with Crippen LogP contribution in [0.1, 0.15) is 5.56 Å². The molecule has 0 saturated heterocycles. The van der Waals surface area contributed by atoms with Gasteiger partial charge in [0.15, 0.2) is 0 Å². The number of pyridine rings is 1. The fourth-order valence-corrected chi connectivity index (χ4v) is 3.71. The number of anilines is 3. The van der Waals surface area contributed by atoms with Crippen molar-refractivity contribution in [3.63, 3.8) is 0 Å². The molecule has 0 fully saturated rings. The Labute approximate surface area is 157 Å². The third-order valence-electron chi connectivity index (χ3n) is 3.74. The summed E-state index contributed by atoms with van der Waals surface area (Å²) in [6, 6.07) is 14.0. The lowest BCUT2D eigenvalue weighted by Crippen LogP contribution is -2.14. The number of aromatic nitrogens is 1. The van der Waals surface area contributed by atoms with E-state index in [2.05, 4.69) is 15.0 Å². The highest BCUT2D eigenvalue weighted by Gasteiger charge is 2.20. The van der Waals surface area contributed by atoms with Crippen molar-refractivity contribution >= 4 is 27.2 Å². The summed E-state index contributed by atoms with van der Waals surface area (Å²) in [5.74, 6) is 0.429. The van der Waals surface area contributed by atoms with Crippen LogP contribution in [-0.4, -0.2) is 20.5 Å². The average Bonchev–Trinajstić information content (AvgIpc) is 2.65. The maximum absolute atomic E-state index is 12.9. The number of nitrogens with one attached hydrogen (secondary N) is 2. The number of sulfonamides is 1. The number of nitrogens with zero attached hydrogens (tertiary/aromatic N) is 1. The predicted molar refractivity (Wildman–Crippen MR) is 102 cm³/mol. The first-order chi connectivity index (χ1) is 12.9. The molecule has 0 amide bonds. The second-order valence-electron chi connectivity index (χ2n) is 5.82. The minimum Gasteiger partial charge on any atom is -0.495 e. The van der Waals surface area contributed by atoms with Crippen molar-refractivity contribution in [2.75, 3.05) is 17.1 Å². The van der Waals surface area contributed by atoms with Crippen LogP contribution in [0.4, 0.5) is 21.6 Å². The Morgan fingerprint density at radius 2 is 1.70 bits per heavy atom. The van der Waals surface area contributed by atoms with Crippen molar-refractivity contribution < 1.29 is 17.5 Å². The molecule has 0 unspecified atom stereocenters. The zero-order valence-electron chi connectivity index (χ0n) is 14.7. The normalized spacial score (nSPS) is 11.1. The number of hydrogen-bond acceptors (Lipinski definition) is 5. The topological polar surface area (TPSA) is 80.3 Å². The zero-order chi connectivity index (χ0) is 19.4. The van der Waals surface area contributed by atoms with Crippen LogP contribution >= 0.6 is 0 Å². The van der Waals surface area contributed by atoms with E-state index in [-0.39, 0.29) is 16.5 Å². The fourth-order valence-electron chi connectivity index (χ4n) is 2.41. The Morgan fingerprint density at radius 1 is 1.00 bits per heavy atom. The Kier molecular flexibility index (Phi) is 5.27. The molecule has 0 radical (unpaired) electrons. The molecule has 0 atom stereocenters. The van der Waals surface area contributed by atoms with Gasteiger partial charge in [-0.15, -0.1) is 0 Å². The van der Waals surface area contributed by atoms with Gasteiger partial charge in [-0.1, -0.05) is 6.07 Å². The molecule has 0 saturated carbocycles. The number of benzene rings is 2. The monoisotopic (exact) mass is 387 g/mol. The molecule has 140 valence electrons. The summed E-state index contributed by atoms with van der Waals surface area (Å²) in [5, 5.41) is 3.00. The zero-order valence-corrected chi connectivity index (χ0v) is 15.5. The van der Waals surface area contributed by atoms with Gasteiger partial charge in [0.05, 0.1) is 19.0 Å². The van der Waals surface area contributed by atoms with Gasteiger partial charge in [-0.25, -0.2) is 17.8 Å². The van der Waals surface area contributed by atoms with Crippen LogP contribution in [0, 0.1) is 12.7 Å². The molecular weight excluding hydrogens is 369 g/mol. The molecule has 2 aromatic carbocycles. The SMILES string of the molecule is COc1ccc(C)cc1S(=O)(=O)Nc1ccc(Nc2ccc(F)cc2)nc1. The van der Waals surface area contributed by atoms with E-state index in [1.807, 2.05) is 0 Å². The predicted octanol–water partition coefficient (Wildman–Crippen LogP) is 4.08. The summed E-state index contributed by atoms with van der Waals surface area (Å²) >= 11 is 0. The van der Waals surface area contributed by atoms with Crippen molar-refractivity contribution in [1.82, 2.24) is 4.98 Å². The minimum atomic E-state index is -3.83. The third-order valence-corrected chi connectivity index (χ3v) is 5.14. The highest BCUT2D eigenvalue weighted by atomic mass is 32.2. The van der Waals surface area contributed by atoms with Crippen molar-refractivity contribution in [2.45, 2.75) is 11.8 Å². The smallest absolute Gasteiger partial charge is 0.265 e. The fraction of sp³-hybridized carbons (Fsp3) is 0.105. The summed E-state index contributed by atoms with van der Waals surface area (Å²) in [7, 11) is -2.41. The van der Waals surface area contributed by atoms with Crippen LogP contribution in [0.2, 0.25) is 0 Å². The van der Waals surface area contributed by atoms with Gasteiger partial charge in [-0.3, -0.25) is 4.72 Å². The van der Waals surface area contributed by atoms with E-state index in [1.165, 1.54) is 25.4 Å². The first-order valence-electron chi connectivity index (χ1n) is 8.03. The van der Waals surface area contributed by atoms with E-state index in [0.717, 1.165) is 5.56 Å². The molecule has 8 heteroatoms. The maximum atomic E-state index is 12.9. The van der Waals surface area contributed by atoms with Gasteiger partial charge in [0.1, 0.15) is 22.3 Å². The Morgan fingerprint density at radius 3 is 2.33 bits per heavy atom. The molecular formula is C19H18FN3O3S. The molecule has 6 nitrogen and oxygen atoms in total. The van der Waals surface area contributed by atoms with Gasteiger partial charge < -0.3 is 10.1 Å². The molecule has 2 N–H and O–H groups in total. The number of hydrogen-bond donors (Lipinski definition) is 2. The summed E-state index contributed by atoms with van der Waals surface area (Å²) in [6.07, 6.45) is 1.39. The molecule has 1 aromatic heterocycles. The van der Waals surface area contributed by atoms with Gasteiger partial charge in [-0.2, -0.15) is 0 Å². The first kappa shape index (κ1) is 18.7. The number of rotatable bonds is 6. The molecule has 0 spiro atoms. The molecule has 0 aliphatic rings. The first-order valence-corrected chi connectivity index (χ1v) is 9.52. The molecule has 27 heavy (non-hydrogen) atoms. The molecule has 0 aliphatic heterocycles. The maximum Gasteiger partial charge on any atom is 0.265 e. The van der Waals surface area contributed by atoms with Crippen molar-refractivity contribution in [1.29, 1.82) is 0 Å². The van der Waals surface area contributed by atoms with Crippen LogP contribution in [0.15, 0.2) is 65.7 Å². The second-order valence-corrected chi connectivity index (χ2v) is 7.47. The Bertz CT molecular complexity index is 1040. The van der Waals surface area contributed by atoms with Crippen molar-refractivity contribution in [3.05, 3.63) is 72.2 Å². The molecule has 0 bridgehead atoms. The summed E-state index contributed by atoms with van der Waals surface area (Å²) in [6.45, 7) is 1.80. The largest absolute Gasteiger partial charge is 0.495 e. The summed E-state index contributed by atoms with van der Waals surface area (Å²) < 4.78 is 45.9. The standard InChI is InChI=1S/C19H18FN3O3S/c1-13-3-9-17(26-2)18(11-13)27(24,25)23-16-8-10-19(21-12-16)22-15-6-4-14(20)5-7-15/h3-12,23H,1-2H3,(H,21,22). The Hall–Kier alpha value is -3.13. The summed E-state index contributed by atoms with van der Waals surface area (Å²) in [5.41, 5.74) is 1.78. The number of halogens is 1. The lowest BCUT2D eigenvalue weighted by Gasteiger charge is -2.12. The van der Waals surface area contributed by atoms with Gasteiger partial charge >= 0.3 is 0 Å².